The van der Waals surface area contributed by atoms with E-state index in [4.69, 9.17) is 26.4 Å². The third kappa shape index (κ3) is 4.44. The van der Waals surface area contributed by atoms with Gasteiger partial charge in [-0.15, -0.1) is 0 Å². The van der Waals surface area contributed by atoms with Gasteiger partial charge in [0.2, 0.25) is 0 Å². The number of hydrogen-bond donors (Lipinski definition) is 0. The van der Waals surface area contributed by atoms with Crippen molar-refractivity contribution in [2.45, 2.75) is 6.54 Å². The zero-order valence-electron chi connectivity index (χ0n) is 18.8. The molecule has 0 amide bonds. The highest BCUT2D eigenvalue weighted by molar-refractivity contribution is 9.10. The van der Waals surface area contributed by atoms with Gasteiger partial charge >= 0.3 is 0 Å². The SMILES string of the molecule is COc1ccc(Cn2nc(-c3cccc(Cl)c3F)c3ncc(N(C)c4ncccc4Br)nc32)cc1. The second kappa shape index (κ2) is 9.59. The lowest BCUT2D eigenvalue weighted by Gasteiger charge is -2.18. The molecule has 0 aliphatic carbocycles. The molecule has 0 radical (unpaired) electrons. The number of hydrogen-bond acceptors (Lipinski definition) is 6. The summed E-state index contributed by atoms with van der Waals surface area (Å²) in [5.74, 6) is 1.45. The minimum Gasteiger partial charge on any atom is -0.497 e. The zero-order chi connectivity index (χ0) is 24.5. The number of anilines is 2. The first-order valence-electron chi connectivity index (χ1n) is 10.6. The highest BCUT2D eigenvalue weighted by Crippen LogP contribution is 2.33. The minimum atomic E-state index is -0.550. The Hall–Kier alpha value is -3.56. The molecule has 10 heteroatoms. The summed E-state index contributed by atoms with van der Waals surface area (Å²) in [5.41, 5.74) is 2.58. The van der Waals surface area contributed by atoms with Gasteiger partial charge in [0.1, 0.15) is 22.8 Å². The van der Waals surface area contributed by atoms with Gasteiger partial charge in [0, 0.05) is 18.8 Å². The molecule has 2 aromatic carbocycles. The number of aromatic nitrogens is 5. The van der Waals surface area contributed by atoms with Gasteiger partial charge in [0.25, 0.3) is 0 Å². The van der Waals surface area contributed by atoms with Crippen LogP contribution in [0.2, 0.25) is 5.02 Å². The van der Waals surface area contributed by atoms with E-state index < -0.39 is 5.82 Å². The van der Waals surface area contributed by atoms with Crippen LogP contribution in [0.1, 0.15) is 5.56 Å². The smallest absolute Gasteiger partial charge is 0.179 e. The molecule has 0 saturated heterocycles. The van der Waals surface area contributed by atoms with Crippen LogP contribution in [-0.2, 0) is 6.54 Å². The number of benzene rings is 2. The standard InChI is InChI=1S/C25H19BrClFN6O/c1-33(24-18(26)6-4-12-29-24)20-13-30-23-22(17-5-3-7-19(27)21(17)28)32-34(25(23)31-20)14-15-8-10-16(35-2)11-9-15/h3-13H,14H2,1-2H3. The number of rotatable bonds is 6. The molecule has 35 heavy (non-hydrogen) atoms. The van der Waals surface area contributed by atoms with E-state index in [1.165, 1.54) is 6.07 Å². The first kappa shape index (κ1) is 23.2. The fourth-order valence-corrected chi connectivity index (χ4v) is 4.40. The molecule has 0 fully saturated rings. The fourth-order valence-electron chi connectivity index (χ4n) is 3.71. The average Bonchev–Trinajstić information content (AvgIpc) is 3.23. The Balaban J connectivity index is 1.66. The number of nitrogens with zero attached hydrogens (tertiary/aromatic N) is 6. The van der Waals surface area contributed by atoms with Crippen molar-refractivity contribution in [2.75, 3.05) is 19.1 Å². The van der Waals surface area contributed by atoms with E-state index in [2.05, 4.69) is 25.9 Å². The maximum Gasteiger partial charge on any atom is 0.179 e. The molecule has 0 aliphatic rings. The second-order valence-corrected chi connectivity index (χ2v) is 8.99. The van der Waals surface area contributed by atoms with Crippen molar-refractivity contribution in [3.8, 4) is 17.0 Å². The van der Waals surface area contributed by atoms with E-state index in [1.807, 2.05) is 48.3 Å². The van der Waals surface area contributed by atoms with Crippen LogP contribution in [0.15, 0.2) is 71.5 Å². The predicted molar refractivity (Wildman–Crippen MR) is 138 cm³/mol. The van der Waals surface area contributed by atoms with Crippen molar-refractivity contribution < 1.29 is 9.13 Å². The maximum absolute atomic E-state index is 14.9. The lowest BCUT2D eigenvalue weighted by Crippen LogP contribution is -2.14. The molecule has 7 nitrogen and oxygen atoms in total. The summed E-state index contributed by atoms with van der Waals surface area (Å²) in [5, 5.41) is 4.73. The predicted octanol–water partition coefficient (Wildman–Crippen LogP) is 6.27. The third-order valence-corrected chi connectivity index (χ3v) is 6.44. The molecule has 0 bridgehead atoms. The zero-order valence-corrected chi connectivity index (χ0v) is 21.1. The maximum atomic E-state index is 14.9. The Morgan fingerprint density at radius 2 is 1.89 bits per heavy atom. The molecule has 176 valence electrons. The van der Waals surface area contributed by atoms with Crippen LogP contribution >= 0.6 is 27.5 Å². The number of pyridine rings is 1. The van der Waals surface area contributed by atoms with Gasteiger partial charge in [-0.3, -0.25) is 0 Å². The molecular weight excluding hydrogens is 535 g/mol. The first-order valence-corrected chi connectivity index (χ1v) is 11.8. The Morgan fingerprint density at radius 1 is 1.09 bits per heavy atom. The molecule has 0 unspecified atom stereocenters. The van der Waals surface area contributed by atoms with E-state index in [0.717, 1.165) is 15.8 Å². The van der Waals surface area contributed by atoms with Gasteiger partial charge in [-0.05, 0) is 57.9 Å². The molecule has 0 N–H and O–H groups in total. The van der Waals surface area contributed by atoms with E-state index >= 15 is 0 Å². The molecule has 0 saturated carbocycles. The molecule has 5 rings (SSSR count). The number of fused-ring (bicyclic) bond motifs is 1. The van der Waals surface area contributed by atoms with Crippen LogP contribution in [0, 0.1) is 5.82 Å². The Kier molecular flexibility index (Phi) is 6.36. The Morgan fingerprint density at radius 3 is 2.63 bits per heavy atom. The summed E-state index contributed by atoms with van der Waals surface area (Å²) in [6, 6.07) is 16.2. The number of methoxy groups -OCH3 is 1. The summed E-state index contributed by atoms with van der Waals surface area (Å²) in [4.78, 5) is 15.7. The molecular formula is C25H19BrClFN6O. The summed E-state index contributed by atoms with van der Waals surface area (Å²) in [6.07, 6.45) is 3.32. The summed E-state index contributed by atoms with van der Waals surface area (Å²) < 4.78 is 22.7. The van der Waals surface area contributed by atoms with Gasteiger partial charge in [-0.1, -0.05) is 29.8 Å². The van der Waals surface area contributed by atoms with E-state index in [0.29, 0.717) is 35.0 Å². The first-order chi connectivity index (χ1) is 17.0. The monoisotopic (exact) mass is 552 g/mol. The quantitative estimate of drug-likeness (QED) is 0.247. The van der Waals surface area contributed by atoms with Gasteiger partial charge in [-0.2, -0.15) is 5.10 Å². The highest BCUT2D eigenvalue weighted by Gasteiger charge is 2.21. The third-order valence-electron chi connectivity index (χ3n) is 5.53. The summed E-state index contributed by atoms with van der Waals surface area (Å²) in [6.45, 7) is 0.401. The van der Waals surface area contributed by atoms with E-state index in [1.54, 1.807) is 36.3 Å². The highest BCUT2D eigenvalue weighted by atomic mass is 79.9. The van der Waals surface area contributed by atoms with E-state index in [-0.39, 0.29) is 10.6 Å². The van der Waals surface area contributed by atoms with Crippen molar-refractivity contribution in [2.24, 2.45) is 0 Å². The summed E-state index contributed by atoms with van der Waals surface area (Å²) in [7, 11) is 3.47. The van der Waals surface area contributed by atoms with Crippen LogP contribution in [0.25, 0.3) is 22.4 Å². The molecule has 0 aliphatic heterocycles. The van der Waals surface area contributed by atoms with Crippen LogP contribution < -0.4 is 9.64 Å². The van der Waals surface area contributed by atoms with Crippen molar-refractivity contribution in [3.05, 3.63) is 87.9 Å². The summed E-state index contributed by atoms with van der Waals surface area (Å²) >= 11 is 9.58. The lowest BCUT2D eigenvalue weighted by atomic mass is 10.1. The number of halogens is 3. The molecule has 0 spiro atoms. The molecule has 3 aromatic heterocycles. The van der Waals surface area contributed by atoms with Gasteiger partial charge in [-0.25, -0.2) is 24.0 Å². The number of ether oxygens (including phenoxy) is 1. The van der Waals surface area contributed by atoms with Crippen molar-refractivity contribution in [3.63, 3.8) is 0 Å². The Labute approximate surface area is 214 Å². The largest absolute Gasteiger partial charge is 0.497 e. The second-order valence-electron chi connectivity index (χ2n) is 7.72. The average molecular weight is 554 g/mol. The van der Waals surface area contributed by atoms with Gasteiger partial charge < -0.3 is 9.64 Å². The van der Waals surface area contributed by atoms with E-state index in [9.17, 15) is 4.39 Å². The van der Waals surface area contributed by atoms with Crippen LogP contribution in [0.3, 0.4) is 0 Å². The lowest BCUT2D eigenvalue weighted by molar-refractivity contribution is 0.414. The normalized spacial score (nSPS) is 11.1. The minimum absolute atomic E-state index is 0.0182. The van der Waals surface area contributed by atoms with Crippen LogP contribution in [0.5, 0.6) is 5.75 Å². The molecule has 0 atom stereocenters. The van der Waals surface area contributed by atoms with Gasteiger partial charge in [0.15, 0.2) is 17.3 Å². The van der Waals surface area contributed by atoms with Crippen LogP contribution in [0.4, 0.5) is 16.0 Å². The van der Waals surface area contributed by atoms with Gasteiger partial charge in [0.05, 0.1) is 29.3 Å². The Bertz CT molecular complexity index is 1520. The van der Waals surface area contributed by atoms with Crippen LogP contribution in [-0.4, -0.2) is 38.9 Å². The molecule has 5 aromatic rings. The topological polar surface area (TPSA) is 69.0 Å². The van der Waals surface area contributed by atoms with Crippen molar-refractivity contribution >= 4 is 50.3 Å². The van der Waals surface area contributed by atoms with Crippen molar-refractivity contribution in [1.29, 1.82) is 0 Å². The van der Waals surface area contributed by atoms with Crippen molar-refractivity contribution in [1.82, 2.24) is 24.7 Å². The molecule has 3 heterocycles. The fraction of sp³-hybridized carbons (Fsp3) is 0.120.